The Morgan fingerprint density at radius 2 is 0.525 bits per heavy atom. The number of fused-ring (bicyclic) bond motifs is 6. The second kappa shape index (κ2) is 14.5. The lowest BCUT2D eigenvalue weighted by Gasteiger charge is -2.31. The number of hydrogen-bond donors (Lipinski definition) is 0. The molecule has 0 amide bonds. The molecule has 11 aromatic rings. The van der Waals surface area contributed by atoms with Crippen molar-refractivity contribution in [1.82, 2.24) is 0 Å². The van der Waals surface area contributed by atoms with E-state index in [-0.39, 0.29) is 0 Å². The molecule has 0 radical (unpaired) electrons. The van der Waals surface area contributed by atoms with Crippen LogP contribution in [0.5, 0.6) is 0 Å². The predicted molar refractivity (Wildman–Crippen MR) is 245 cm³/mol. The Kier molecular flexibility index (Phi) is 8.41. The van der Waals surface area contributed by atoms with E-state index in [0.29, 0.717) is 0 Å². The van der Waals surface area contributed by atoms with Crippen molar-refractivity contribution >= 4 is 95.1 Å². The number of hydrogen-bond acceptors (Lipinski definition) is 5. The van der Waals surface area contributed by atoms with E-state index < -0.39 is 0 Å². The fraction of sp³-hybridized carbons (Fsp3) is 0. The van der Waals surface area contributed by atoms with E-state index in [1.807, 2.05) is 18.2 Å². The first kappa shape index (κ1) is 34.2. The Hall–Kier alpha value is -8.02. The van der Waals surface area contributed by atoms with Gasteiger partial charge in [-0.2, -0.15) is 0 Å². The maximum atomic E-state index is 6.92. The Morgan fingerprint density at radius 3 is 0.898 bits per heavy atom. The highest BCUT2D eigenvalue weighted by Gasteiger charge is 2.27. The van der Waals surface area contributed by atoms with E-state index in [0.717, 1.165) is 95.1 Å². The first-order valence-corrected chi connectivity index (χ1v) is 19.8. The van der Waals surface area contributed by atoms with E-state index >= 15 is 0 Å². The minimum Gasteiger partial charge on any atom is -0.454 e. The number of furan rings is 2. The van der Waals surface area contributed by atoms with Gasteiger partial charge in [-0.15, -0.1) is 0 Å². The average Bonchev–Trinajstić information content (AvgIpc) is 3.88. The Balaban J connectivity index is 1.25. The zero-order chi connectivity index (χ0) is 39.1. The van der Waals surface area contributed by atoms with Crippen molar-refractivity contribution in [1.29, 1.82) is 0 Å². The van der Waals surface area contributed by atoms with Crippen LogP contribution in [0.1, 0.15) is 0 Å². The third-order valence-corrected chi connectivity index (χ3v) is 11.0. The van der Waals surface area contributed by atoms with Gasteiger partial charge in [-0.05, 0) is 97.1 Å². The molecule has 11 rings (SSSR count). The molecule has 9 aromatic carbocycles. The van der Waals surface area contributed by atoms with Gasteiger partial charge < -0.3 is 23.5 Å². The highest BCUT2D eigenvalue weighted by molar-refractivity contribution is 6.15. The zero-order valence-electron chi connectivity index (χ0n) is 32.0. The summed E-state index contributed by atoms with van der Waals surface area (Å²) in [4.78, 5) is 6.94. The van der Waals surface area contributed by atoms with Crippen molar-refractivity contribution in [2.24, 2.45) is 0 Å². The molecule has 0 fully saturated rings. The lowest BCUT2D eigenvalue weighted by Crippen LogP contribution is -2.15. The molecule has 0 aliphatic carbocycles. The predicted octanol–water partition coefficient (Wildman–Crippen LogP) is 15.9. The summed E-state index contributed by atoms with van der Waals surface area (Å²) in [5.41, 5.74) is 12.2. The summed E-state index contributed by atoms with van der Waals surface area (Å²) in [6, 6.07) is 78.3. The largest absolute Gasteiger partial charge is 0.454 e. The molecule has 0 atom stereocenters. The average molecular weight is 760 g/mol. The molecule has 0 saturated carbocycles. The van der Waals surface area contributed by atoms with Gasteiger partial charge in [-0.25, -0.2) is 0 Å². The standard InChI is InChI=1S/C54H37N3O2/c1-6-20-38(21-7-1)55(39-22-8-2-9-23-39)43-34-47-45-30-16-18-32-51(45)59-54(47)50(36-43)57(42-28-14-5-15-29-42)44-35-48-46-31-17-19-33-52(46)58-53(48)49(37-44)56(40-24-10-3-11-25-40)41-26-12-4-13-27-41/h1-37H. The zero-order valence-corrected chi connectivity index (χ0v) is 32.0. The molecule has 5 heteroatoms. The van der Waals surface area contributed by atoms with Crippen LogP contribution >= 0.6 is 0 Å². The maximum absolute atomic E-state index is 6.92. The van der Waals surface area contributed by atoms with E-state index in [9.17, 15) is 0 Å². The van der Waals surface area contributed by atoms with Gasteiger partial charge >= 0.3 is 0 Å². The highest BCUT2D eigenvalue weighted by Crippen LogP contribution is 2.50. The summed E-state index contributed by atoms with van der Waals surface area (Å²) < 4.78 is 13.8. The van der Waals surface area contributed by atoms with Gasteiger partial charge in [0.05, 0.1) is 11.4 Å². The van der Waals surface area contributed by atoms with E-state index in [1.165, 1.54) is 0 Å². The van der Waals surface area contributed by atoms with Gasteiger partial charge in [-0.1, -0.05) is 127 Å². The van der Waals surface area contributed by atoms with Crippen LogP contribution in [0.15, 0.2) is 233 Å². The monoisotopic (exact) mass is 759 g/mol. The minimum atomic E-state index is 0.793. The molecule has 280 valence electrons. The van der Waals surface area contributed by atoms with E-state index in [1.54, 1.807) is 0 Å². The minimum absolute atomic E-state index is 0.793. The molecule has 0 unspecified atom stereocenters. The number of anilines is 9. The molecule has 0 bridgehead atoms. The normalized spacial score (nSPS) is 11.4. The Morgan fingerprint density at radius 1 is 0.237 bits per heavy atom. The van der Waals surface area contributed by atoms with Crippen LogP contribution < -0.4 is 14.7 Å². The molecule has 5 nitrogen and oxygen atoms in total. The molecular weight excluding hydrogens is 723 g/mol. The third-order valence-electron chi connectivity index (χ3n) is 11.0. The molecule has 0 aliphatic heterocycles. The quantitative estimate of drug-likeness (QED) is 0.146. The lowest BCUT2D eigenvalue weighted by molar-refractivity contribution is 0.669. The van der Waals surface area contributed by atoms with Gasteiger partial charge in [0.15, 0.2) is 11.2 Å². The lowest BCUT2D eigenvalue weighted by atomic mass is 10.0. The summed E-state index contributed by atoms with van der Waals surface area (Å²) in [5, 5.41) is 4.13. The van der Waals surface area contributed by atoms with Gasteiger partial charge in [-0.3, -0.25) is 0 Å². The highest BCUT2D eigenvalue weighted by atomic mass is 16.3. The van der Waals surface area contributed by atoms with Crippen molar-refractivity contribution in [3.63, 3.8) is 0 Å². The second-order valence-corrected chi connectivity index (χ2v) is 14.6. The molecule has 2 heterocycles. The summed E-state index contributed by atoms with van der Waals surface area (Å²) in [5.74, 6) is 0. The number of benzene rings is 9. The second-order valence-electron chi connectivity index (χ2n) is 14.6. The van der Waals surface area contributed by atoms with Crippen LogP contribution in [0.2, 0.25) is 0 Å². The summed E-state index contributed by atoms with van der Waals surface area (Å²) >= 11 is 0. The van der Waals surface area contributed by atoms with E-state index in [4.69, 9.17) is 8.83 Å². The van der Waals surface area contributed by atoms with Crippen LogP contribution in [0.4, 0.5) is 51.2 Å². The molecule has 0 N–H and O–H groups in total. The summed E-state index contributed by atoms with van der Waals surface area (Å²) in [7, 11) is 0. The first-order chi connectivity index (χ1) is 29.3. The Bertz CT molecular complexity index is 3140. The smallest absolute Gasteiger partial charge is 0.159 e. The van der Waals surface area contributed by atoms with Gasteiger partial charge in [0, 0.05) is 61.4 Å². The topological polar surface area (TPSA) is 36.0 Å². The number of nitrogens with zero attached hydrogens (tertiary/aromatic N) is 3. The molecular formula is C54H37N3O2. The van der Waals surface area contributed by atoms with Gasteiger partial charge in [0.1, 0.15) is 11.2 Å². The van der Waals surface area contributed by atoms with Gasteiger partial charge in [0.25, 0.3) is 0 Å². The molecule has 0 spiro atoms. The molecule has 0 saturated heterocycles. The van der Waals surface area contributed by atoms with Crippen molar-refractivity contribution in [3.05, 3.63) is 224 Å². The van der Waals surface area contributed by atoms with Crippen LogP contribution in [-0.4, -0.2) is 0 Å². The maximum Gasteiger partial charge on any atom is 0.159 e. The third kappa shape index (κ3) is 6.04. The first-order valence-electron chi connectivity index (χ1n) is 19.8. The van der Waals surface area contributed by atoms with Crippen molar-refractivity contribution in [2.45, 2.75) is 0 Å². The van der Waals surface area contributed by atoms with Crippen LogP contribution in [0.25, 0.3) is 43.9 Å². The van der Waals surface area contributed by atoms with Crippen LogP contribution in [-0.2, 0) is 0 Å². The van der Waals surface area contributed by atoms with Crippen molar-refractivity contribution < 1.29 is 8.83 Å². The van der Waals surface area contributed by atoms with Crippen molar-refractivity contribution in [2.75, 3.05) is 14.7 Å². The fourth-order valence-corrected chi connectivity index (χ4v) is 8.37. The van der Waals surface area contributed by atoms with Crippen LogP contribution in [0, 0.1) is 0 Å². The molecule has 59 heavy (non-hydrogen) atoms. The van der Waals surface area contributed by atoms with Crippen molar-refractivity contribution in [3.8, 4) is 0 Å². The van der Waals surface area contributed by atoms with Gasteiger partial charge in [0.2, 0.25) is 0 Å². The number of para-hydroxylation sites is 7. The Labute approximate surface area is 341 Å². The SMILES string of the molecule is c1ccc(N(c2ccccc2)c2cc(N(c3ccccc3)c3cc(N(c4ccccc4)c4ccccc4)c4oc5ccccc5c4c3)c3oc4ccccc4c3c2)cc1. The van der Waals surface area contributed by atoms with Crippen LogP contribution in [0.3, 0.4) is 0 Å². The number of rotatable bonds is 9. The summed E-state index contributed by atoms with van der Waals surface area (Å²) in [6.07, 6.45) is 0. The molecule has 2 aromatic heterocycles. The summed E-state index contributed by atoms with van der Waals surface area (Å²) in [6.45, 7) is 0. The molecule has 0 aliphatic rings. The van der Waals surface area contributed by atoms with E-state index in [2.05, 4.69) is 221 Å². The fourth-order valence-electron chi connectivity index (χ4n) is 8.37.